The van der Waals surface area contributed by atoms with Crippen molar-refractivity contribution in [2.75, 3.05) is 7.11 Å². The Hall–Kier alpha value is -1.17. The van der Waals surface area contributed by atoms with Gasteiger partial charge in [-0.15, -0.1) is 0 Å². The molecule has 1 unspecified atom stereocenters. The van der Waals surface area contributed by atoms with E-state index in [9.17, 15) is 4.79 Å². The zero-order valence-corrected chi connectivity index (χ0v) is 10.7. The van der Waals surface area contributed by atoms with Gasteiger partial charge in [-0.05, 0) is 35.6 Å². The first-order valence-electron chi connectivity index (χ1n) is 6.18. The molecular formula is C11H20N4O2. The fourth-order valence-electron chi connectivity index (χ4n) is 1.99. The minimum Gasteiger partial charge on any atom is -0.379 e. The molecule has 1 heterocycles. The highest BCUT2D eigenvalue weighted by Crippen LogP contribution is 2.28. The van der Waals surface area contributed by atoms with Crippen LogP contribution in [-0.4, -0.2) is 33.0 Å². The number of methoxy groups -OCH3 is 1. The zero-order valence-electron chi connectivity index (χ0n) is 10.7. The lowest BCUT2D eigenvalue weighted by Gasteiger charge is -2.23. The summed E-state index contributed by atoms with van der Waals surface area (Å²) < 4.78 is 8.26. The summed E-state index contributed by atoms with van der Waals surface area (Å²) in [6.45, 7) is 4.60. The maximum absolute atomic E-state index is 12.0. The molecule has 0 bridgehead atoms. The van der Waals surface area contributed by atoms with Crippen LogP contribution in [0.2, 0.25) is 0 Å². The van der Waals surface area contributed by atoms with Gasteiger partial charge in [0.2, 0.25) is 0 Å². The van der Waals surface area contributed by atoms with Gasteiger partial charge >= 0.3 is 5.69 Å². The van der Waals surface area contributed by atoms with Crippen molar-refractivity contribution in [1.29, 1.82) is 0 Å². The van der Waals surface area contributed by atoms with E-state index in [1.165, 1.54) is 15.8 Å². The van der Waals surface area contributed by atoms with Crippen LogP contribution in [0.1, 0.15) is 39.2 Å². The Kier molecular flexibility index (Phi) is 3.61. The van der Waals surface area contributed by atoms with Crippen LogP contribution in [0.15, 0.2) is 4.79 Å². The van der Waals surface area contributed by atoms with Gasteiger partial charge in [-0.25, -0.2) is 4.79 Å². The highest BCUT2D eigenvalue weighted by molar-refractivity contribution is 4.77. The number of aromatic nitrogens is 4. The van der Waals surface area contributed by atoms with Gasteiger partial charge in [0.25, 0.3) is 0 Å². The minimum absolute atomic E-state index is 0.000703. The van der Waals surface area contributed by atoms with Crippen LogP contribution < -0.4 is 5.69 Å². The van der Waals surface area contributed by atoms with E-state index < -0.39 is 0 Å². The van der Waals surface area contributed by atoms with Crippen molar-refractivity contribution in [3.05, 3.63) is 10.5 Å². The smallest absolute Gasteiger partial charge is 0.364 e. The van der Waals surface area contributed by atoms with Crippen LogP contribution in [0.3, 0.4) is 0 Å². The molecule has 0 saturated heterocycles. The molecule has 0 spiro atoms. The van der Waals surface area contributed by atoms with E-state index in [4.69, 9.17) is 4.74 Å². The summed E-state index contributed by atoms with van der Waals surface area (Å²) in [7, 11) is 1.66. The molecule has 0 radical (unpaired) electrons. The Balaban J connectivity index is 2.11. The molecule has 1 fully saturated rings. The molecule has 0 aliphatic heterocycles. The number of hydrogen-bond acceptors (Lipinski definition) is 4. The molecule has 0 amide bonds. The molecule has 1 aromatic rings. The van der Waals surface area contributed by atoms with Crippen molar-refractivity contribution in [3.8, 4) is 0 Å². The highest BCUT2D eigenvalue weighted by atomic mass is 16.5. The SMILES string of the molecule is COC(Cn1nnn(C2CCC2)c1=O)C(C)C. The van der Waals surface area contributed by atoms with Gasteiger partial charge < -0.3 is 4.74 Å². The van der Waals surface area contributed by atoms with E-state index in [2.05, 4.69) is 24.3 Å². The maximum Gasteiger partial charge on any atom is 0.364 e. The quantitative estimate of drug-likeness (QED) is 0.765. The summed E-state index contributed by atoms with van der Waals surface area (Å²) in [5, 5.41) is 7.87. The molecule has 0 aromatic carbocycles. The Morgan fingerprint density at radius 3 is 2.59 bits per heavy atom. The standard InChI is InChI=1S/C11H20N4O2/c1-8(2)10(17-3)7-14-11(16)15(13-12-14)9-5-4-6-9/h8-10H,4-7H2,1-3H3. The molecule has 6 nitrogen and oxygen atoms in total. The van der Waals surface area contributed by atoms with Crippen molar-refractivity contribution >= 4 is 0 Å². The first-order chi connectivity index (χ1) is 8.13. The lowest BCUT2D eigenvalue weighted by atomic mass is 9.93. The third-order valence-electron chi connectivity index (χ3n) is 3.48. The minimum atomic E-state index is -0.114. The topological polar surface area (TPSA) is 61.9 Å². The van der Waals surface area contributed by atoms with Crippen LogP contribution >= 0.6 is 0 Å². The first-order valence-corrected chi connectivity index (χ1v) is 6.18. The molecule has 1 atom stereocenters. The molecule has 2 rings (SSSR count). The van der Waals surface area contributed by atoms with Crippen molar-refractivity contribution in [2.24, 2.45) is 5.92 Å². The monoisotopic (exact) mass is 240 g/mol. The first kappa shape index (κ1) is 12.3. The second kappa shape index (κ2) is 5.00. The van der Waals surface area contributed by atoms with Crippen molar-refractivity contribution < 1.29 is 4.74 Å². The molecule has 96 valence electrons. The number of hydrogen-bond donors (Lipinski definition) is 0. The Morgan fingerprint density at radius 2 is 2.12 bits per heavy atom. The van der Waals surface area contributed by atoms with Gasteiger partial charge in [-0.3, -0.25) is 0 Å². The summed E-state index contributed by atoms with van der Waals surface area (Å²) in [4.78, 5) is 12.0. The average Bonchev–Trinajstić information content (AvgIpc) is 2.55. The van der Waals surface area contributed by atoms with Gasteiger partial charge in [-0.1, -0.05) is 13.8 Å². The van der Waals surface area contributed by atoms with Gasteiger partial charge in [0, 0.05) is 7.11 Å². The van der Waals surface area contributed by atoms with Gasteiger partial charge in [0.15, 0.2) is 0 Å². The lowest BCUT2D eigenvalue weighted by Crippen LogP contribution is -2.35. The van der Waals surface area contributed by atoms with Crippen LogP contribution in [0.25, 0.3) is 0 Å². The van der Waals surface area contributed by atoms with E-state index >= 15 is 0 Å². The largest absolute Gasteiger partial charge is 0.379 e. The third-order valence-corrected chi connectivity index (χ3v) is 3.48. The van der Waals surface area contributed by atoms with Gasteiger partial charge in [0.1, 0.15) is 0 Å². The fourth-order valence-corrected chi connectivity index (χ4v) is 1.99. The number of rotatable bonds is 5. The Bertz CT molecular complexity index is 419. The van der Waals surface area contributed by atoms with E-state index in [0.29, 0.717) is 12.5 Å². The van der Waals surface area contributed by atoms with Crippen LogP contribution in [0, 0.1) is 5.92 Å². The second-order valence-corrected chi connectivity index (χ2v) is 4.99. The summed E-state index contributed by atoms with van der Waals surface area (Å²) in [5.41, 5.74) is -0.114. The van der Waals surface area contributed by atoms with Crippen LogP contribution in [0.4, 0.5) is 0 Å². The summed E-state index contributed by atoms with van der Waals surface area (Å²) in [6, 6.07) is 0.260. The molecule has 0 N–H and O–H groups in total. The number of tetrazole rings is 1. The fraction of sp³-hybridized carbons (Fsp3) is 0.909. The van der Waals surface area contributed by atoms with Gasteiger partial charge in [0.05, 0.1) is 18.7 Å². The summed E-state index contributed by atoms with van der Waals surface area (Å²) in [5.74, 6) is 0.348. The van der Waals surface area contributed by atoms with Crippen molar-refractivity contribution in [3.63, 3.8) is 0 Å². The predicted molar refractivity (Wildman–Crippen MR) is 62.8 cm³/mol. The molecule has 17 heavy (non-hydrogen) atoms. The van der Waals surface area contributed by atoms with Crippen LogP contribution in [-0.2, 0) is 11.3 Å². The van der Waals surface area contributed by atoms with Crippen molar-refractivity contribution in [2.45, 2.75) is 51.8 Å². The second-order valence-electron chi connectivity index (χ2n) is 4.99. The molecule has 1 aromatic heterocycles. The summed E-state index contributed by atoms with van der Waals surface area (Å²) in [6.07, 6.45) is 3.25. The van der Waals surface area contributed by atoms with E-state index in [-0.39, 0.29) is 17.8 Å². The normalized spacial score (nSPS) is 18.4. The van der Waals surface area contributed by atoms with E-state index in [0.717, 1.165) is 12.8 Å². The third kappa shape index (κ3) is 2.41. The lowest BCUT2D eigenvalue weighted by molar-refractivity contribution is 0.0469. The Labute approximate surface area is 101 Å². The van der Waals surface area contributed by atoms with Crippen molar-refractivity contribution in [1.82, 2.24) is 19.8 Å². The molecular weight excluding hydrogens is 220 g/mol. The summed E-state index contributed by atoms with van der Waals surface area (Å²) >= 11 is 0. The molecule has 1 saturated carbocycles. The molecule has 6 heteroatoms. The van der Waals surface area contributed by atoms with Crippen LogP contribution in [0.5, 0.6) is 0 Å². The average molecular weight is 240 g/mol. The number of ether oxygens (including phenoxy) is 1. The molecule has 1 aliphatic carbocycles. The highest BCUT2D eigenvalue weighted by Gasteiger charge is 2.24. The van der Waals surface area contributed by atoms with E-state index in [1.807, 2.05) is 0 Å². The Morgan fingerprint density at radius 1 is 1.41 bits per heavy atom. The van der Waals surface area contributed by atoms with E-state index in [1.54, 1.807) is 7.11 Å². The zero-order chi connectivity index (χ0) is 12.4. The predicted octanol–water partition coefficient (Wildman–Crippen LogP) is 0.836. The number of nitrogens with zero attached hydrogens (tertiary/aromatic N) is 4. The maximum atomic E-state index is 12.0. The van der Waals surface area contributed by atoms with Gasteiger partial charge in [-0.2, -0.15) is 9.36 Å². The molecule has 1 aliphatic rings.